The zero-order valence-corrected chi connectivity index (χ0v) is 19.5. The first kappa shape index (κ1) is 24.8. The van der Waals surface area contributed by atoms with Crippen molar-refractivity contribution in [3.8, 4) is 22.7 Å². The van der Waals surface area contributed by atoms with Crippen LogP contribution in [0, 0.1) is 0 Å². The molecule has 0 spiro atoms. The van der Waals surface area contributed by atoms with E-state index in [4.69, 9.17) is 9.84 Å². The van der Waals surface area contributed by atoms with Crippen LogP contribution in [0.5, 0.6) is 5.75 Å². The molecule has 0 aliphatic rings. The maximum absolute atomic E-state index is 12.7. The van der Waals surface area contributed by atoms with Crippen LogP contribution in [0.2, 0.25) is 0 Å². The molecule has 0 saturated carbocycles. The van der Waals surface area contributed by atoms with E-state index in [0.29, 0.717) is 19.4 Å². The number of methoxy groups -OCH3 is 1. The molecule has 36 heavy (non-hydrogen) atoms. The third-order valence-corrected chi connectivity index (χ3v) is 5.51. The Hall–Kier alpha value is -4.27. The number of alkyl halides is 3. The lowest BCUT2D eigenvalue weighted by atomic mass is 10.1. The Morgan fingerprint density at radius 1 is 0.972 bits per heavy atom. The van der Waals surface area contributed by atoms with Crippen molar-refractivity contribution in [2.75, 3.05) is 19.0 Å². The number of halogens is 3. The summed E-state index contributed by atoms with van der Waals surface area (Å²) in [6.45, 7) is 0.378. The quantitative estimate of drug-likeness (QED) is 0.282. The van der Waals surface area contributed by atoms with Gasteiger partial charge in [-0.2, -0.15) is 18.3 Å². The zero-order chi connectivity index (χ0) is 25.5. The van der Waals surface area contributed by atoms with Crippen molar-refractivity contribution in [1.29, 1.82) is 0 Å². The fraction of sp³-hybridized carbons (Fsp3) is 0.185. The monoisotopic (exact) mass is 494 g/mol. The van der Waals surface area contributed by atoms with Crippen molar-refractivity contribution in [2.24, 2.45) is 0 Å². The van der Waals surface area contributed by atoms with Crippen molar-refractivity contribution < 1.29 is 22.7 Å². The van der Waals surface area contributed by atoms with Crippen LogP contribution in [0.4, 0.5) is 23.7 Å². The van der Waals surface area contributed by atoms with E-state index in [1.807, 2.05) is 65.3 Å². The minimum atomic E-state index is -4.42. The highest BCUT2D eigenvalue weighted by Crippen LogP contribution is 2.30. The van der Waals surface area contributed by atoms with Gasteiger partial charge in [0.15, 0.2) is 0 Å². The van der Waals surface area contributed by atoms with Crippen molar-refractivity contribution in [2.45, 2.75) is 19.0 Å². The van der Waals surface area contributed by atoms with Gasteiger partial charge in [-0.25, -0.2) is 9.48 Å². The Morgan fingerprint density at radius 3 is 2.31 bits per heavy atom. The fourth-order valence-electron chi connectivity index (χ4n) is 3.68. The summed E-state index contributed by atoms with van der Waals surface area (Å²) in [5, 5.41) is 10.0. The molecule has 3 aromatic carbocycles. The van der Waals surface area contributed by atoms with Crippen molar-refractivity contribution in [3.05, 3.63) is 96.2 Å². The van der Waals surface area contributed by atoms with E-state index in [2.05, 4.69) is 10.6 Å². The average molecular weight is 495 g/mol. The van der Waals surface area contributed by atoms with Crippen LogP contribution in [0.25, 0.3) is 16.9 Å². The number of anilines is 1. The molecule has 4 aromatic rings. The molecule has 1 aromatic heterocycles. The van der Waals surface area contributed by atoms with E-state index in [-0.39, 0.29) is 5.69 Å². The van der Waals surface area contributed by atoms with Gasteiger partial charge in [-0.05, 0) is 67.4 Å². The van der Waals surface area contributed by atoms with Crippen LogP contribution in [-0.2, 0) is 12.6 Å². The Balaban J connectivity index is 1.36. The Morgan fingerprint density at radius 2 is 1.67 bits per heavy atom. The first-order chi connectivity index (χ1) is 17.3. The molecule has 186 valence electrons. The first-order valence-electron chi connectivity index (χ1n) is 11.3. The second-order valence-electron chi connectivity index (χ2n) is 8.06. The molecule has 9 heteroatoms. The van der Waals surface area contributed by atoms with E-state index in [1.165, 1.54) is 12.1 Å². The van der Waals surface area contributed by atoms with Gasteiger partial charge >= 0.3 is 12.2 Å². The lowest BCUT2D eigenvalue weighted by Crippen LogP contribution is -2.29. The summed E-state index contributed by atoms with van der Waals surface area (Å²) in [6.07, 6.45) is -3.15. The number of amides is 2. The molecular weight excluding hydrogens is 469 g/mol. The molecular formula is C27H25F3N4O2. The number of ether oxygens (including phenoxy) is 1. The van der Waals surface area contributed by atoms with Gasteiger partial charge in [-0.15, -0.1) is 0 Å². The Kier molecular flexibility index (Phi) is 7.58. The molecule has 0 atom stereocenters. The van der Waals surface area contributed by atoms with Crippen LogP contribution in [0.1, 0.15) is 17.7 Å². The molecule has 0 radical (unpaired) electrons. The first-order valence-corrected chi connectivity index (χ1v) is 11.3. The number of benzene rings is 3. The second-order valence-corrected chi connectivity index (χ2v) is 8.06. The van der Waals surface area contributed by atoms with Gasteiger partial charge in [0.05, 0.1) is 29.7 Å². The Labute approximate surface area is 206 Å². The Bertz CT molecular complexity index is 1290. The number of urea groups is 1. The summed E-state index contributed by atoms with van der Waals surface area (Å²) < 4.78 is 45.1. The summed E-state index contributed by atoms with van der Waals surface area (Å²) in [4.78, 5) is 12.1. The van der Waals surface area contributed by atoms with Gasteiger partial charge in [0.1, 0.15) is 5.75 Å². The summed E-state index contributed by atoms with van der Waals surface area (Å²) >= 11 is 0. The number of hydrogen-bond acceptors (Lipinski definition) is 3. The lowest BCUT2D eigenvalue weighted by molar-refractivity contribution is -0.137. The van der Waals surface area contributed by atoms with Crippen molar-refractivity contribution in [3.63, 3.8) is 0 Å². The number of hydrogen-bond donors (Lipinski definition) is 2. The smallest absolute Gasteiger partial charge is 0.416 e. The van der Waals surface area contributed by atoms with Gasteiger partial charge in [-0.3, -0.25) is 0 Å². The van der Waals surface area contributed by atoms with Crippen LogP contribution in [0.3, 0.4) is 0 Å². The minimum absolute atomic E-state index is 0.284. The van der Waals surface area contributed by atoms with E-state index in [9.17, 15) is 18.0 Å². The maximum atomic E-state index is 12.7. The average Bonchev–Trinajstić information content (AvgIpc) is 3.31. The van der Waals surface area contributed by atoms with Crippen LogP contribution < -0.4 is 15.4 Å². The van der Waals surface area contributed by atoms with Crippen LogP contribution in [0.15, 0.2) is 84.9 Å². The predicted molar refractivity (Wildman–Crippen MR) is 132 cm³/mol. The fourth-order valence-corrected chi connectivity index (χ4v) is 3.68. The molecule has 0 unspecified atom stereocenters. The van der Waals surface area contributed by atoms with E-state index < -0.39 is 17.8 Å². The summed E-state index contributed by atoms with van der Waals surface area (Å²) in [7, 11) is 1.62. The van der Waals surface area contributed by atoms with E-state index >= 15 is 0 Å². The highest BCUT2D eigenvalue weighted by atomic mass is 19.4. The third-order valence-electron chi connectivity index (χ3n) is 5.51. The molecule has 2 N–H and O–H groups in total. The summed E-state index contributed by atoms with van der Waals surface area (Å²) in [5.41, 5.74) is 3.26. The number of nitrogens with zero attached hydrogens (tertiary/aromatic N) is 2. The van der Waals surface area contributed by atoms with Crippen molar-refractivity contribution >= 4 is 11.7 Å². The molecule has 1 heterocycles. The maximum Gasteiger partial charge on any atom is 0.416 e. The number of rotatable bonds is 8. The molecule has 4 rings (SSSR count). The molecule has 0 fully saturated rings. The zero-order valence-electron chi connectivity index (χ0n) is 19.5. The normalized spacial score (nSPS) is 11.2. The minimum Gasteiger partial charge on any atom is -0.497 e. The van der Waals surface area contributed by atoms with Crippen molar-refractivity contribution in [1.82, 2.24) is 15.1 Å². The number of aryl methyl sites for hydroxylation is 1. The lowest BCUT2D eigenvalue weighted by Gasteiger charge is -2.09. The molecule has 2 amide bonds. The molecule has 0 saturated heterocycles. The molecule has 0 aliphatic heterocycles. The van der Waals surface area contributed by atoms with Gasteiger partial charge in [-0.1, -0.05) is 30.3 Å². The second kappa shape index (κ2) is 11.0. The van der Waals surface area contributed by atoms with E-state index in [0.717, 1.165) is 40.5 Å². The molecule has 0 aliphatic carbocycles. The van der Waals surface area contributed by atoms with Crippen LogP contribution in [-0.4, -0.2) is 29.5 Å². The predicted octanol–water partition coefficient (Wildman–Crippen LogP) is 6.32. The molecule has 0 bridgehead atoms. The largest absolute Gasteiger partial charge is 0.497 e. The number of carbonyl (C=O) groups is 1. The summed E-state index contributed by atoms with van der Waals surface area (Å²) in [6, 6.07) is 23.4. The van der Waals surface area contributed by atoms with Gasteiger partial charge in [0, 0.05) is 17.8 Å². The number of carbonyl (C=O) groups excluding carboxylic acids is 1. The topological polar surface area (TPSA) is 68.2 Å². The van der Waals surface area contributed by atoms with Gasteiger partial charge < -0.3 is 15.4 Å². The standard InChI is InChI=1S/C27H25F3N4O2/c1-36-24-15-13-23(14-16-24)34-25(19-6-3-2-4-7-19)18-22(33-34)8-5-17-31-26(35)32-21-11-9-20(10-12-21)27(28,29)30/h2-4,6-7,9-16,18H,5,8,17H2,1H3,(H2,31,32,35). The van der Waals surface area contributed by atoms with Crippen LogP contribution >= 0.6 is 0 Å². The molecule has 6 nitrogen and oxygen atoms in total. The highest BCUT2D eigenvalue weighted by molar-refractivity contribution is 5.89. The third kappa shape index (κ3) is 6.24. The number of aromatic nitrogens is 2. The summed E-state index contributed by atoms with van der Waals surface area (Å²) in [5.74, 6) is 0.757. The highest BCUT2D eigenvalue weighted by Gasteiger charge is 2.30. The van der Waals surface area contributed by atoms with Gasteiger partial charge in [0.25, 0.3) is 0 Å². The van der Waals surface area contributed by atoms with Gasteiger partial charge in [0.2, 0.25) is 0 Å². The van der Waals surface area contributed by atoms with E-state index in [1.54, 1.807) is 7.11 Å². The number of nitrogens with one attached hydrogen (secondary N) is 2. The SMILES string of the molecule is COc1ccc(-n2nc(CCCNC(=O)Nc3ccc(C(F)(F)F)cc3)cc2-c2ccccc2)cc1.